The van der Waals surface area contributed by atoms with Crippen molar-refractivity contribution in [2.75, 3.05) is 0 Å². The Kier molecular flexibility index (Phi) is 4.99. The summed E-state index contributed by atoms with van der Waals surface area (Å²) in [5.41, 5.74) is 2.93. The van der Waals surface area contributed by atoms with Gasteiger partial charge in [-0.15, -0.1) is 0 Å². The Bertz CT molecular complexity index is 481. The summed E-state index contributed by atoms with van der Waals surface area (Å²) in [5.74, 6) is 5.91. The van der Waals surface area contributed by atoms with Crippen molar-refractivity contribution in [2.45, 2.75) is 39.2 Å². The number of nitrogens with one attached hydrogen (secondary N) is 1. The zero-order valence-electron chi connectivity index (χ0n) is 11.8. The molecule has 4 unspecified atom stereocenters. The molecule has 1 saturated carbocycles. The van der Waals surface area contributed by atoms with Crippen LogP contribution in [0.3, 0.4) is 0 Å². The Morgan fingerprint density at radius 2 is 1.90 bits per heavy atom. The van der Waals surface area contributed by atoms with Crippen molar-refractivity contribution in [3.63, 3.8) is 0 Å². The molecule has 5 heteroatoms. The summed E-state index contributed by atoms with van der Waals surface area (Å²) in [6.45, 7) is 4.43. The van der Waals surface area contributed by atoms with E-state index in [4.69, 9.17) is 17.4 Å². The van der Waals surface area contributed by atoms with Gasteiger partial charge in [0.15, 0.2) is 0 Å². The average molecular weight is 303 g/mol. The number of benzene rings is 1. The average Bonchev–Trinajstić information content (AvgIpc) is 2.40. The monoisotopic (exact) mass is 302 g/mol. The molecule has 0 amide bonds. The van der Waals surface area contributed by atoms with E-state index in [9.17, 15) is 8.78 Å². The van der Waals surface area contributed by atoms with Gasteiger partial charge in [-0.2, -0.15) is 0 Å². The first-order valence-corrected chi connectivity index (χ1v) is 7.42. The third kappa shape index (κ3) is 3.13. The normalized spacial score (nSPS) is 28.4. The molecule has 112 valence electrons. The molecule has 0 aromatic heterocycles. The number of hydrogen-bond acceptors (Lipinski definition) is 2. The summed E-state index contributed by atoms with van der Waals surface area (Å²) in [6.07, 6.45) is 3.01. The highest BCUT2D eigenvalue weighted by Crippen LogP contribution is 2.40. The van der Waals surface area contributed by atoms with Crippen molar-refractivity contribution in [3.05, 3.63) is 34.4 Å². The van der Waals surface area contributed by atoms with Gasteiger partial charge >= 0.3 is 0 Å². The molecule has 2 nitrogen and oxygen atoms in total. The van der Waals surface area contributed by atoms with Crippen molar-refractivity contribution in [3.8, 4) is 0 Å². The van der Waals surface area contributed by atoms with Crippen LogP contribution in [-0.2, 0) is 0 Å². The van der Waals surface area contributed by atoms with E-state index in [0.29, 0.717) is 11.8 Å². The second-order valence-electron chi connectivity index (χ2n) is 5.96. The molecule has 3 N–H and O–H groups in total. The van der Waals surface area contributed by atoms with Gasteiger partial charge < -0.3 is 0 Å². The molecule has 1 aromatic rings. The van der Waals surface area contributed by atoms with Gasteiger partial charge in [-0.3, -0.25) is 11.3 Å². The van der Waals surface area contributed by atoms with Crippen molar-refractivity contribution < 1.29 is 8.78 Å². The zero-order valence-corrected chi connectivity index (χ0v) is 12.6. The molecule has 0 saturated heterocycles. The van der Waals surface area contributed by atoms with Gasteiger partial charge in [0, 0.05) is 5.56 Å². The first-order valence-electron chi connectivity index (χ1n) is 7.04. The van der Waals surface area contributed by atoms with Gasteiger partial charge in [-0.05, 0) is 42.7 Å². The fourth-order valence-electron chi connectivity index (χ4n) is 3.15. The molecular formula is C15H21ClF2N2. The smallest absolute Gasteiger partial charge is 0.142 e. The third-order valence-electron chi connectivity index (χ3n) is 4.66. The van der Waals surface area contributed by atoms with Gasteiger partial charge in [0.1, 0.15) is 11.6 Å². The maximum absolute atomic E-state index is 14.0. The van der Waals surface area contributed by atoms with Crippen LogP contribution in [0.1, 0.15) is 44.7 Å². The van der Waals surface area contributed by atoms with Crippen molar-refractivity contribution in [2.24, 2.45) is 23.6 Å². The lowest BCUT2D eigenvalue weighted by Gasteiger charge is -2.36. The van der Waals surface area contributed by atoms with E-state index < -0.39 is 11.6 Å². The van der Waals surface area contributed by atoms with Crippen LogP contribution < -0.4 is 11.3 Å². The largest absolute Gasteiger partial charge is 0.271 e. The van der Waals surface area contributed by atoms with Crippen LogP contribution in [0.4, 0.5) is 8.78 Å². The van der Waals surface area contributed by atoms with Gasteiger partial charge in [0.2, 0.25) is 0 Å². The van der Waals surface area contributed by atoms with Gasteiger partial charge in [0.05, 0.1) is 11.1 Å². The first kappa shape index (κ1) is 15.7. The van der Waals surface area contributed by atoms with Crippen LogP contribution in [0, 0.1) is 29.4 Å². The molecule has 0 bridgehead atoms. The second kappa shape index (κ2) is 6.37. The summed E-state index contributed by atoms with van der Waals surface area (Å²) in [6, 6.07) is 1.80. The minimum Gasteiger partial charge on any atom is -0.271 e. The molecular weight excluding hydrogens is 282 g/mol. The SMILES string of the molecule is CC1CCC(C(NN)c2cc(F)c(Cl)cc2F)CC1C. The first-order chi connectivity index (χ1) is 9.43. The zero-order chi connectivity index (χ0) is 14.9. The van der Waals surface area contributed by atoms with Crippen LogP contribution in [-0.4, -0.2) is 0 Å². The highest BCUT2D eigenvalue weighted by atomic mass is 35.5. The molecule has 1 aromatic carbocycles. The van der Waals surface area contributed by atoms with E-state index in [1.54, 1.807) is 0 Å². The van der Waals surface area contributed by atoms with Gasteiger partial charge in [-0.1, -0.05) is 31.9 Å². The minimum absolute atomic E-state index is 0.201. The summed E-state index contributed by atoms with van der Waals surface area (Å²) in [4.78, 5) is 0. The summed E-state index contributed by atoms with van der Waals surface area (Å²) in [7, 11) is 0. The predicted octanol–water partition coefficient (Wildman–Crippen LogP) is 4.19. The Morgan fingerprint density at radius 3 is 2.50 bits per heavy atom. The van der Waals surface area contributed by atoms with Gasteiger partial charge in [0.25, 0.3) is 0 Å². The van der Waals surface area contributed by atoms with Crippen LogP contribution in [0.15, 0.2) is 12.1 Å². The molecule has 4 atom stereocenters. The maximum Gasteiger partial charge on any atom is 0.142 e. The van der Waals surface area contributed by atoms with E-state index in [-0.39, 0.29) is 22.5 Å². The van der Waals surface area contributed by atoms with Crippen LogP contribution in [0.5, 0.6) is 0 Å². The lowest BCUT2D eigenvalue weighted by molar-refractivity contribution is 0.169. The highest BCUT2D eigenvalue weighted by molar-refractivity contribution is 6.30. The molecule has 1 aliphatic rings. The number of rotatable bonds is 3. The Labute approximate surface area is 123 Å². The van der Waals surface area contributed by atoms with Crippen LogP contribution in [0.25, 0.3) is 0 Å². The molecule has 0 aliphatic heterocycles. The topological polar surface area (TPSA) is 38.0 Å². The van der Waals surface area contributed by atoms with Crippen LogP contribution in [0.2, 0.25) is 5.02 Å². The molecule has 20 heavy (non-hydrogen) atoms. The fourth-order valence-corrected chi connectivity index (χ4v) is 3.30. The molecule has 0 spiro atoms. The standard InChI is InChI=1S/C15H21ClF2N2/c1-8-3-4-10(5-9(8)2)15(20-19)11-6-14(18)12(16)7-13(11)17/h6-10,15,20H,3-5,19H2,1-2H3. The summed E-state index contributed by atoms with van der Waals surface area (Å²) < 4.78 is 27.6. The third-order valence-corrected chi connectivity index (χ3v) is 4.95. The molecule has 0 radical (unpaired) electrons. The Morgan fingerprint density at radius 1 is 1.20 bits per heavy atom. The van der Waals surface area contributed by atoms with E-state index in [0.717, 1.165) is 31.4 Å². The van der Waals surface area contributed by atoms with E-state index >= 15 is 0 Å². The van der Waals surface area contributed by atoms with Crippen LogP contribution >= 0.6 is 11.6 Å². The number of hydrazine groups is 1. The Hall–Kier alpha value is -0.710. The van der Waals surface area contributed by atoms with Crippen molar-refractivity contribution in [1.29, 1.82) is 0 Å². The summed E-state index contributed by atoms with van der Waals surface area (Å²) >= 11 is 5.60. The molecule has 1 fully saturated rings. The minimum atomic E-state index is -0.611. The van der Waals surface area contributed by atoms with E-state index in [1.807, 2.05) is 0 Å². The summed E-state index contributed by atoms with van der Waals surface area (Å²) in [5, 5.41) is -0.201. The molecule has 1 aliphatic carbocycles. The maximum atomic E-state index is 14.0. The lowest BCUT2D eigenvalue weighted by Crippen LogP contribution is -2.37. The van der Waals surface area contributed by atoms with Gasteiger partial charge in [-0.25, -0.2) is 8.78 Å². The van der Waals surface area contributed by atoms with E-state index in [2.05, 4.69) is 19.3 Å². The second-order valence-corrected chi connectivity index (χ2v) is 6.37. The fraction of sp³-hybridized carbons (Fsp3) is 0.600. The quantitative estimate of drug-likeness (QED) is 0.499. The number of hydrogen-bond donors (Lipinski definition) is 2. The Balaban J connectivity index is 2.26. The lowest BCUT2D eigenvalue weighted by atomic mass is 9.72. The van der Waals surface area contributed by atoms with Crippen molar-refractivity contribution in [1.82, 2.24) is 5.43 Å². The predicted molar refractivity (Wildman–Crippen MR) is 77.1 cm³/mol. The van der Waals surface area contributed by atoms with Crippen molar-refractivity contribution >= 4 is 11.6 Å². The van der Waals surface area contributed by atoms with E-state index in [1.165, 1.54) is 0 Å². The number of halogens is 3. The molecule has 2 rings (SSSR count). The number of nitrogens with two attached hydrogens (primary N) is 1. The highest BCUT2D eigenvalue weighted by Gasteiger charge is 2.32. The molecule has 0 heterocycles.